The number of aliphatic hydroxyl groups is 1. The second kappa shape index (κ2) is 5.05. The highest BCUT2D eigenvalue weighted by Gasteiger charge is 2.07. The highest BCUT2D eigenvalue weighted by molar-refractivity contribution is 5.59. The molecule has 1 aromatic heterocycles. The van der Waals surface area contributed by atoms with Crippen LogP contribution in [0.1, 0.15) is 12.1 Å². The molecule has 0 aliphatic heterocycles. The molecule has 90 valence electrons. The van der Waals surface area contributed by atoms with Crippen LogP contribution in [0.5, 0.6) is 0 Å². The standard InChI is InChI=1S/C12H12F2N2O/c13-10-4-3-8(6-11(10)14)12-7-9(15-16-12)2-1-5-17/h3-4,6-7,17H,1-2,5H2,(H,15,16). The average Bonchev–Trinajstić information content (AvgIpc) is 2.79. The van der Waals surface area contributed by atoms with Gasteiger partial charge in [-0.3, -0.25) is 5.10 Å². The zero-order chi connectivity index (χ0) is 12.3. The number of aliphatic hydroxyl groups excluding tert-OH is 1. The van der Waals surface area contributed by atoms with Gasteiger partial charge in [0.25, 0.3) is 0 Å². The van der Waals surface area contributed by atoms with Gasteiger partial charge in [0.15, 0.2) is 11.6 Å². The maximum atomic E-state index is 13.0. The summed E-state index contributed by atoms with van der Waals surface area (Å²) in [7, 11) is 0. The van der Waals surface area contributed by atoms with Crippen LogP contribution < -0.4 is 0 Å². The molecule has 0 amide bonds. The molecule has 5 heteroatoms. The van der Waals surface area contributed by atoms with E-state index in [2.05, 4.69) is 10.2 Å². The number of H-pyrrole nitrogens is 1. The lowest BCUT2D eigenvalue weighted by atomic mass is 10.1. The number of hydrogen-bond acceptors (Lipinski definition) is 2. The van der Waals surface area contributed by atoms with Crippen LogP contribution in [-0.2, 0) is 6.42 Å². The Morgan fingerprint density at radius 1 is 1.18 bits per heavy atom. The third kappa shape index (κ3) is 2.68. The predicted molar refractivity (Wildman–Crippen MR) is 59.3 cm³/mol. The molecule has 0 unspecified atom stereocenters. The number of nitrogens with zero attached hydrogens (tertiary/aromatic N) is 1. The second-order valence-electron chi connectivity index (χ2n) is 3.73. The van der Waals surface area contributed by atoms with E-state index in [1.54, 1.807) is 6.07 Å². The van der Waals surface area contributed by atoms with E-state index >= 15 is 0 Å². The molecule has 2 aromatic rings. The van der Waals surface area contributed by atoms with Gasteiger partial charge in [-0.15, -0.1) is 0 Å². The number of aryl methyl sites for hydroxylation is 1. The van der Waals surface area contributed by atoms with Crippen LogP contribution in [-0.4, -0.2) is 21.9 Å². The number of hydrogen-bond donors (Lipinski definition) is 2. The Morgan fingerprint density at radius 2 is 2.00 bits per heavy atom. The van der Waals surface area contributed by atoms with Crippen LogP contribution in [0.3, 0.4) is 0 Å². The van der Waals surface area contributed by atoms with Crippen molar-refractivity contribution in [2.75, 3.05) is 6.61 Å². The topological polar surface area (TPSA) is 48.9 Å². The maximum Gasteiger partial charge on any atom is 0.159 e. The van der Waals surface area contributed by atoms with E-state index in [-0.39, 0.29) is 6.61 Å². The van der Waals surface area contributed by atoms with Crippen molar-refractivity contribution < 1.29 is 13.9 Å². The third-order valence-corrected chi connectivity index (χ3v) is 2.45. The molecular formula is C12H12F2N2O. The van der Waals surface area contributed by atoms with E-state index < -0.39 is 11.6 Å². The predicted octanol–water partition coefficient (Wildman–Crippen LogP) is 2.28. The first-order chi connectivity index (χ1) is 8.20. The summed E-state index contributed by atoms with van der Waals surface area (Å²) in [6.45, 7) is 0.111. The second-order valence-corrected chi connectivity index (χ2v) is 3.73. The molecular weight excluding hydrogens is 226 g/mol. The van der Waals surface area contributed by atoms with Crippen molar-refractivity contribution in [1.82, 2.24) is 10.2 Å². The summed E-state index contributed by atoms with van der Waals surface area (Å²) in [6, 6.07) is 5.43. The first-order valence-corrected chi connectivity index (χ1v) is 5.31. The summed E-state index contributed by atoms with van der Waals surface area (Å²) in [5.74, 6) is -1.76. The molecule has 17 heavy (non-hydrogen) atoms. The van der Waals surface area contributed by atoms with Crippen LogP contribution in [0, 0.1) is 11.6 Å². The van der Waals surface area contributed by atoms with E-state index in [4.69, 9.17) is 5.11 Å². The third-order valence-electron chi connectivity index (χ3n) is 2.45. The van der Waals surface area contributed by atoms with Gasteiger partial charge in [-0.25, -0.2) is 8.78 Å². The van der Waals surface area contributed by atoms with Crippen molar-refractivity contribution in [2.24, 2.45) is 0 Å². The van der Waals surface area contributed by atoms with Crippen molar-refractivity contribution in [3.63, 3.8) is 0 Å². The van der Waals surface area contributed by atoms with Gasteiger partial charge in [-0.1, -0.05) is 0 Å². The molecule has 0 saturated carbocycles. The van der Waals surface area contributed by atoms with Gasteiger partial charge in [0.2, 0.25) is 0 Å². The summed E-state index contributed by atoms with van der Waals surface area (Å²) in [6.07, 6.45) is 1.31. The van der Waals surface area contributed by atoms with E-state index in [1.165, 1.54) is 6.07 Å². The van der Waals surface area contributed by atoms with E-state index in [9.17, 15) is 8.78 Å². The fraction of sp³-hybridized carbons (Fsp3) is 0.250. The van der Waals surface area contributed by atoms with Crippen LogP contribution in [0.2, 0.25) is 0 Å². The molecule has 0 atom stereocenters. The highest BCUT2D eigenvalue weighted by atomic mass is 19.2. The number of aromatic nitrogens is 2. The number of aromatic amines is 1. The van der Waals surface area contributed by atoms with Crippen LogP contribution in [0.4, 0.5) is 8.78 Å². The fourth-order valence-corrected chi connectivity index (χ4v) is 1.56. The van der Waals surface area contributed by atoms with Gasteiger partial charge in [-0.05, 0) is 37.1 Å². The Balaban J connectivity index is 2.21. The molecule has 0 spiro atoms. The van der Waals surface area contributed by atoms with Crippen molar-refractivity contribution in [2.45, 2.75) is 12.8 Å². The van der Waals surface area contributed by atoms with Crippen molar-refractivity contribution in [3.8, 4) is 11.3 Å². The quantitative estimate of drug-likeness (QED) is 0.858. The molecule has 0 radical (unpaired) electrons. The van der Waals surface area contributed by atoms with Crippen molar-refractivity contribution in [3.05, 3.63) is 41.6 Å². The lowest BCUT2D eigenvalue weighted by molar-refractivity contribution is 0.288. The lowest BCUT2D eigenvalue weighted by Gasteiger charge is -1.97. The Hall–Kier alpha value is -1.75. The van der Waals surface area contributed by atoms with E-state index in [0.29, 0.717) is 24.1 Å². The normalized spacial score (nSPS) is 10.8. The van der Waals surface area contributed by atoms with Crippen molar-refractivity contribution in [1.29, 1.82) is 0 Å². The molecule has 3 nitrogen and oxygen atoms in total. The Kier molecular flexibility index (Phi) is 3.49. The number of nitrogens with one attached hydrogen (secondary N) is 1. The molecule has 2 rings (SSSR count). The summed E-state index contributed by atoms with van der Waals surface area (Å²) >= 11 is 0. The van der Waals surface area contributed by atoms with Crippen LogP contribution in [0.15, 0.2) is 24.3 Å². The van der Waals surface area contributed by atoms with Gasteiger partial charge >= 0.3 is 0 Å². The molecule has 2 N–H and O–H groups in total. The fourth-order valence-electron chi connectivity index (χ4n) is 1.56. The Bertz CT molecular complexity index is 511. The van der Waals surface area contributed by atoms with Crippen molar-refractivity contribution >= 4 is 0 Å². The largest absolute Gasteiger partial charge is 0.396 e. The SMILES string of the molecule is OCCCc1cc(-c2ccc(F)c(F)c2)n[nH]1. The van der Waals surface area contributed by atoms with Gasteiger partial charge in [-0.2, -0.15) is 5.10 Å². The minimum atomic E-state index is -0.887. The van der Waals surface area contributed by atoms with E-state index in [1.807, 2.05) is 0 Å². The first kappa shape index (κ1) is 11.7. The summed E-state index contributed by atoms with van der Waals surface area (Å²) < 4.78 is 25.8. The molecule has 0 bridgehead atoms. The zero-order valence-corrected chi connectivity index (χ0v) is 9.08. The molecule has 0 saturated heterocycles. The van der Waals surface area contributed by atoms with Crippen LogP contribution >= 0.6 is 0 Å². The van der Waals surface area contributed by atoms with Gasteiger partial charge in [0, 0.05) is 17.9 Å². The summed E-state index contributed by atoms with van der Waals surface area (Å²) in [5, 5.41) is 15.5. The number of benzene rings is 1. The monoisotopic (exact) mass is 238 g/mol. The summed E-state index contributed by atoms with van der Waals surface area (Å²) in [4.78, 5) is 0. The van der Waals surface area contributed by atoms with E-state index in [0.717, 1.165) is 17.8 Å². The molecule has 0 aliphatic carbocycles. The smallest absolute Gasteiger partial charge is 0.159 e. The molecule has 0 aliphatic rings. The minimum Gasteiger partial charge on any atom is -0.396 e. The summed E-state index contributed by atoms with van der Waals surface area (Å²) in [5.41, 5.74) is 1.95. The Labute approximate surface area is 97.1 Å². The van der Waals surface area contributed by atoms with Gasteiger partial charge in [0.05, 0.1) is 5.69 Å². The highest BCUT2D eigenvalue weighted by Crippen LogP contribution is 2.20. The zero-order valence-electron chi connectivity index (χ0n) is 9.08. The van der Waals surface area contributed by atoms with Gasteiger partial charge in [0.1, 0.15) is 0 Å². The number of rotatable bonds is 4. The van der Waals surface area contributed by atoms with Gasteiger partial charge < -0.3 is 5.11 Å². The molecule has 0 fully saturated rings. The molecule has 1 heterocycles. The lowest BCUT2D eigenvalue weighted by Crippen LogP contribution is -1.88. The number of halogens is 2. The minimum absolute atomic E-state index is 0.111. The van der Waals surface area contributed by atoms with Crippen LogP contribution in [0.25, 0.3) is 11.3 Å². The Morgan fingerprint density at radius 3 is 2.71 bits per heavy atom. The average molecular weight is 238 g/mol. The first-order valence-electron chi connectivity index (χ1n) is 5.31. The molecule has 1 aromatic carbocycles. The maximum absolute atomic E-state index is 13.0.